The molecular weight excluding hydrogens is 374 g/mol. The fraction of sp³-hybridized carbons (Fsp3) is 0.609. The minimum absolute atomic E-state index is 0.432. The number of aryl methyl sites for hydroxylation is 1. The van der Waals surface area contributed by atoms with E-state index in [4.69, 9.17) is 4.99 Å². The lowest BCUT2D eigenvalue weighted by Crippen LogP contribution is -2.51. The molecule has 1 fully saturated rings. The second kappa shape index (κ2) is 11.1. The zero-order chi connectivity index (χ0) is 21.3. The Labute approximate surface area is 181 Å². The van der Waals surface area contributed by atoms with Gasteiger partial charge in [-0.25, -0.2) is 4.99 Å². The number of aliphatic imine (C=N–C) groups is 1. The van der Waals surface area contributed by atoms with Crippen LogP contribution in [0.5, 0.6) is 0 Å². The molecule has 7 nitrogen and oxygen atoms in total. The van der Waals surface area contributed by atoms with Crippen LogP contribution in [0, 0.1) is 6.92 Å². The molecule has 1 aromatic heterocycles. The van der Waals surface area contributed by atoms with Gasteiger partial charge in [0.25, 0.3) is 0 Å². The predicted octanol–water partition coefficient (Wildman–Crippen LogP) is 3.01. The molecule has 1 saturated heterocycles. The molecule has 3 rings (SSSR count). The van der Waals surface area contributed by atoms with Crippen molar-refractivity contribution in [3.8, 4) is 0 Å². The Bertz CT molecular complexity index is 799. The molecule has 2 heterocycles. The Morgan fingerprint density at radius 3 is 2.70 bits per heavy atom. The van der Waals surface area contributed by atoms with Gasteiger partial charge < -0.3 is 15.2 Å². The molecule has 1 aliphatic heterocycles. The van der Waals surface area contributed by atoms with Gasteiger partial charge in [-0.2, -0.15) is 0 Å². The topological polar surface area (TPSA) is 70.4 Å². The van der Waals surface area contributed by atoms with E-state index in [0.29, 0.717) is 18.6 Å². The van der Waals surface area contributed by atoms with Crippen molar-refractivity contribution in [2.24, 2.45) is 12.0 Å². The summed E-state index contributed by atoms with van der Waals surface area (Å²) >= 11 is 0. The summed E-state index contributed by atoms with van der Waals surface area (Å²) in [5.74, 6) is 2.68. The Morgan fingerprint density at radius 1 is 1.23 bits per heavy atom. The van der Waals surface area contributed by atoms with E-state index in [9.17, 15) is 0 Å². The van der Waals surface area contributed by atoms with E-state index in [1.165, 1.54) is 5.56 Å². The Hall–Kier alpha value is -2.41. The van der Waals surface area contributed by atoms with Crippen molar-refractivity contribution in [2.45, 2.75) is 71.6 Å². The second-order valence-electron chi connectivity index (χ2n) is 8.34. The van der Waals surface area contributed by atoms with Crippen LogP contribution in [0.25, 0.3) is 0 Å². The van der Waals surface area contributed by atoms with Gasteiger partial charge in [0.2, 0.25) is 0 Å². The van der Waals surface area contributed by atoms with E-state index in [1.54, 1.807) is 0 Å². The molecule has 1 aromatic carbocycles. The number of nitrogens with zero attached hydrogens (tertiary/aromatic N) is 5. The van der Waals surface area contributed by atoms with Gasteiger partial charge in [0, 0.05) is 38.8 Å². The molecule has 2 atom stereocenters. The number of hydrogen-bond acceptors (Lipinski definition) is 4. The maximum Gasteiger partial charge on any atom is 0.191 e. The number of hydrogen-bond donors (Lipinski definition) is 2. The summed E-state index contributed by atoms with van der Waals surface area (Å²) in [5.41, 5.74) is 1.39. The van der Waals surface area contributed by atoms with E-state index in [-0.39, 0.29) is 0 Å². The van der Waals surface area contributed by atoms with Gasteiger partial charge in [0.1, 0.15) is 12.4 Å². The summed E-state index contributed by atoms with van der Waals surface area (Å²) in [5, 5.41) is 15.6. The molecule has 2 aromatic rings. The lowest BCUT2D eigenvalue weighted by Gasteiger charge is -2.38. The van der Waals surface area contributed by atoms with Crippen LogP contribution in [0.4, 0.5) is 0 Å². The number of nitrogens with one attached hydrogen (secondary N) is 2. The smallest absolute Gasteiger partial charge is 0.191 e. The molecule has 2 N–H and O–H groups in total. The van der Waals surface area contributed by atoms with E-state index in [0.717, 1.165) is 62.9 Å². The number of likely N-dealkylation sites (tertiary alicyclic amines) is 1. The van der Waals surface area contributed by atoms with Gasteiger partial charge in [-0.05, 0) is 38.7 Å². The summed E-state index contributed by atoms with van der Waals surface area (Å²) in [6.07, 6.45) is 4.53. The lowest BCUT2D eigenvalue weighted by atomic mass is 9.97. The first-order valence-corrected chi connectivity index (χ1v) is 11.2. The van der Waals surface area contributed by atoms with E-state index in [2.05, 4.69) is 69.9 Å². The number of piperidine rings is 1. The monoisotopic (exact) mass is 411 g/mol. The number of rotatable bonds is 8. The normalized spacial score (nSPS) is 20.3. The Kier molecular flexibility index (Phi) is 8.25. The van der Waals surface area contributed by atoms with Crippen LogP contribution in [-0.2, 0) is 20.1 Å². The first kappa shape index (κ1) is 22.3. The standard InChI is InChI=1S/C23H37N7/c1-5-6-13-24-23(25-16-22-28-27-19(3)29(22)4)26-21-12-14-30(18(2)15-21)17-20-10-8-7-9-11-20/h7-11,18,21H,5-6,12-17H2,1-4H3,(H2,24,25,26). The van der Waals surface area contributed by atoms with Crippen molar-refractivity contribution < 1.29 is 0 Å². The molecule has 7 heteroatoms. The number of aromatic nitrogens is 3. The third-order valence-electron chi connectivity index (χ3n) is 5.97. The number of guanidine groups is 1. The summed E-state index contributed by atoms with van der Waals surface area (Å²) < 4.78 is 2.00. The third-order valence-corrected chi connectivity index (χ3v) is 5.97. The quantitative estimate of drug-likeness (QED) is 0.397. The zero-order valence-electron chi connectivity index (χ0n) is 18.9. The molecule has 0 spiro atoms. The molecule has 0 saturated carbocycles. The fourth-order valence-electron chi connectivity index (χ4n) is 3.87. The van der Waals surface area contributed by atoms with Crippen molar-refractivity contribution >= 4 is 5.96 Å². The van der Waals surface area contributed by atoms with Crippen LogP contribution >= 0.6 is 0 Å². The highest BCUT2D eigenvalue weighted by Crippen LogP contribution is 2.20. The largest absolute Gasteiger partial charge is 0.356 e. The highest BCUT2D eigenvalue weighted by Gasteiger charge is 2.26. The van der Waals surface area contributed by atoms with Crippen molar-refractivity contribution in [3.63, 3.8) is 0 Å². The molecule has 0 amide bonds. The Balaban J connectivity index is 1.57. The predicted molar refractivity (Wildman–Crippen MR) is 122 cm³/mol. The molecule has 0 bridgehead atoms. The van der Waals surface area contributed by atoms with E-state index < -0.39 is 0 Å². The van der Waals surface area contributed by atoms with Crippen LogP contribution in [-0.4, -0.2) is 50.8 Å². The Morgan fingerprint density at radius 2 is 2.03 bits per heavy atom. The van der Waals surface area contributed by atoms with Crippen molar-refractivity contribution in [3.05, 3.63) is 47.5 Å². The summed E-state index contributed by atoms with van der Waals surface area (Å²) in [6, 6.07) is 11.7. The average molecular weight is 412 g/mol. The second-order valence-corrected chi connectivity index (χ2v) is 8.34. The minimum atomic E-state index is 0.432. The van der Waals surface area contributed by atoms with Gasteiger partial charge in [-0.3, -0.25) is 4.90 Å². The van der Waals surface area contributed by atoms with Gasteiger partial charge >= 0.3 is 0 Å². The van der Waals surface area contributed by atoms with Crippen LogP contribution in [0.2, 0.25) is 0 Å². The van der Waals surface area contributed by atoms with Crippen molar-refractivity contribution in [1.82, 2.24) is 30.3 Å². The van der Waals surface area contributed by atoms with Gasteiger partial charge in [0.15, 0.2) is 11.8 Å². The highest BCUT2D eigenvalue weighted by molar-refractivity contribution is 5.80. The van der Waals surface area contributed by atoms with Crippen LogP contribution < -0.4 is 10.6 Å². The summed E-state index contributed by atoms with van der Waals surface area (Å²) in [7, 11) is 1.99. The molecule has 1 aliphatic rings. The van der Waals surface area contributed by atoms with E-state index in [1.807, 2.05) is 18.5 Å². The van der Waals surface area contributed by atoms with Crippen LogP contribution in [0.15, 0.2) is 35.3 Å². The van der Waals surface area contributed by atoms with Gasteiger partial charge in [-0.1, -0.05) is 43.7 Å². The molecule has 0 aliphatic carbocycles. The van der Waals surface area contributed by atoms with Gasteiger partial charge in [-0.15, -0.1) is 10.2 Å². The highest BCUT2D eigenvalue weighted by atomic mass is 15.3. The molecule has 2 unspecified atom stereocenters. The van der Waals surface area contributed by atoms with E-state index >= 15 is 0 Å². The maximum atomic E-state index is 4.80. The SMILES string of the molecule is CCCCNC(=NCc1nnc(C)n1C)NC1CCN(Cc2ccccc2)C(C)C1. The summed E-state index contributed by atoms with van der Waals surface area (Å²) in [6.45, 7) is 10.1. The molecule has 30 heavy (non-hydrogen) atoms. The fourth-order valence-corrected chi connectivity index (χ4v) is 3.87. The molecule has 0 radical (unpaired) electrons. The number of unbranched alkanes of at least 4 members (excludes halogenated alkanes) is 1. The maximum absolute atomic E-state index is 4.80. The third kappa shape index (κ3) is 6.29. The van der Waals surface area contributed by atoms with Crippen LogP contribution in [0.3, 0.4) is 0 Å². The minimum Gasteiger partial charge on any atom is -0.356 e. The lowest BCUT2D eigenvalue weighted by molar-refractivity contribution is 0.134. The van der Waals surface area contributed by atoms with Crippen molar-refractivity contribution in [2.75, 3.05) is 13.1 Å². The zero-order valence-corrected chi connectivity index (χ0v) is 18.9. The molecular formula is C23H37N7. The number of benzene rings is 1. The average Bonchev–Trinajstić information content (AvgIpc) is 3.07. The van der Waals surface area contributed by atoms with Crippen molar-refractivity contribution in [1.29, 1.82) is 0 Å². The first-order chi connectivity index (χ1) is 14.6. The first-order valence-electron chi connectivity index (χ1n) is 11.2. The van der Waals surface area contributed by atoms with Crippen LogP contribution in [0.1, 0.15) is 56.7 Å². The summed E-state index contributed by atoms with van der Waals surface area (Å²) in [4.78, 5) is 7.38. The molecule has 164 valence electrons. The van der Waals surface area contributed by atoms with Gasteiger partial charge in [0.05, 0.1) is 0 Å².